The molecule has 6 nitrogen and oxygen atoms in total. The van der Waals surface area contributed by atoms with Crippen LogP contribution >= 0.6 is 0 Å². The average Bonchev–Trinajstić information content (AvgIpc) is 3.04. The topological polar surface area (TPSA) is 59.1 Å². The number of hydrogen-bond donors (Lipinski definition) is 0. The Labute approximate surface area is 184 Å². The fourth-order valence-electron chi connectivity index (χ4n) is 3.73. The molecule has 1 saturated heterocycles. The molecule has 0 atom stereocenters. The lowest BCUT2D eigenvalue weighted by Gasteiger charge is -2.23. The van der Waals surface area contributed by atoms with Crippen molar-refractivity contribution in [1.29, 1.82) is 0 Å². The van der Waals surface area contributed by atoms with Gasteiger partial charge >= 0.3 is 6.18 Å². The van der Waals surface area contributed by atoms with Gasteiger partial charge in [0.15, 0.2) is 11.5 Å². The molecule has 0 spiro atoms. The Kier molecular flexibility index (Phi) is 7.27. The van der Waals surface area contributed by atoms with Crippen LogP contribution in [0.4, 0.5) is 13.2 Å². The molecule has 2 aromatic carbocycles. The van der Waals surface area contributed by atoms with Crippen molar-refractivity contribution >= 4 is 11.8 Å². The maximum absolute atomic E-state index is 13.3. The third-order valence-corrected chi connectivity index (χ3v) is 5.40. The van der Waals surface area contributed by atoms with Crippen LogP contribution in [0.3, 0.4) is 0 Å². The largest absolute Gasteiger partial charge is 0.493 e. The predicted octanol–water partition coefficient (Wildman–Crippen LogP) is 3.64. The molecule has 0 saturated carbocycles. The Bertz CT molecular complexity index is 978. The molecule has 1 aliphatic rings. The molecule has 2 amide bonds. The van der Waals surface area contributed by atoms with Crippen LogP contribution in [0.5, 0.6) is 11.5 Å². The summed E-state index contributed by atoms with van der Waals surface area (Å²) in [5, 5.41) is 0. The van der Waals surface area contributed by atoms with Crippen LogP contribution in [0.1, 0.15) is 27.9 Å². The van der Waals surface area contributed by atoms with E-state index in [1.165, 1.54) is 37.3 Å². The van der Waals surface area contributed by atoms with E-state index in [0.717, 1.165) is 11.6 Å². The molecular formula is C23H25F3N2O4. The van der Waals surface area contributed by atoms with Gasteiger partial charge in [0.25, 0.3) is 5.91 Å². The van der Waals surface area contributed by atoms with Crippen LogP contribution < -0.4 is 9.47 Å². The number of rotatable bonds is 5. The lowest BCUT2D eigenvalue weighted by Crippen LogP contribution is -2.38. The third kappa shape index (κ3) is 5.33. The molecule has 1 heterocycles. The van der Waals surface area contributed by atoms with Crippen LogP contribution in [0.15, 0.2) is 42.5 Å². The number of nitrogens with zero attached hydrogens (tertiary/aromatic N) is 2. The van der Waals surface area contributed by atoms with Gasteiger partial charge in [-0.1, -0.05) is 18.2 Å². The van der Waals surface area contributed by atoms with E-state index >= 15 is 0 Å². The van der Waals surface area contributed by atoms with Gasteiger partial charge in [0, 0.05) is 26.2 Å². The fraction of sp³-hybridized carbons (Fsp3) is 0.391. The SMILES string of the molecule is COc1ccc(CC(=O)N2CCCN(C(=O)c3ccccc3C(F)(F)F)CC2)cc1OC. The number of ether oxygens (including phenoxy) is 2. The predicted molar refractivity (Wildman–Crippen MR) is 112 cm³/mol. The van der Waals surface area contributed by atoms with Crippen molar-refractivity contribution in [2.24, 2.45) is 0 Å². The summed E-state index contributed by atoms with van der Waals surface area (Å²) in [7, 11) is 3.04. The first-order chi connectivity index (χ1) is 15.2. The van der Waals surface area contributed by atoms with E-state index in [4.69, 9.17) is 9.47 Å². The zero-order chi connectivity index (χ0) is 23.3. The van der Waals surface area contributed by atoms with E-state index in [1.54, 1.807) is 23.1 Å². The van der Waals surface area contributed by atoms with Gasteiger partial charge in [0.05, 0.1) is 31.8 Å². The summed E-state index contributed by atoms with van der Waals surface area (Å²) in [6.45, 7) is 1.14. The van der Waals surface area contributed by atoms with E-state index in [0.29, 0.717) is 24.5 Å². The van der Waals surface area contributed by atoms with Crippen molar-refractivity contribution in [3.63, 3.8) is 0 Å². The molecule has 2 aromatic rings. The van der Waals surface area contributed by atoms with Gasteiger partial charge in [-0.15, -0.1) is 0 Å². The summed E-state index contributed by atoms with van der Waals surface area (Å²) in [4.78, 5) is 28.6. The second kappa shape index (κ2) is 9.93. The van der Waals surface area contributed by atoms with Crippen molar-refractivity contribution in [1.82, 2.24) is 9.80 Å². The Hall–Kier alpha value is -3.23. The van der Waals surface area contributed by atoms with Gasteiger partial charge in [-0.2, -0.15) is 13.2 Å². The molecule has 0 N–H and O–H groups in total. The van der Waals surface area contributed by atoms with E-state index in [1.807, 2.05) is 0 Å². The molecule has 32 heavy (non-hydrogen) atoms. The van der Waals surface area contributed by atoms with E-state index in [9.17, 15) is 22.8 Å². The highest BCUT2D eigenvalue weighted by atomic mass is 19.4. The summed E-state index contributed by atoms with van der Waals surface area (Å²) >= 11 is 0. The minimum absolute atomic E-state index is 0.123. The second-order valence-corrected chi connectivity index (χ2v) is 7.44. The molecular weight excluding hydrogens is 425 g/mol. The number of alkyl halides is 3. The highest BCUT2D eigenvalue weighted by molar-refractivity contribution is 5.96. The number of carbonyl (C=O) groups excluding carboxylic acids is 2. The van der Waals surface area contributed by atoms with E-state index < -0.39 is 17.6 Å². The summed E-state index contributed by atoms with van der Waals surface area (Å²) in [5.74, 6) is 0.287. The van der Waals surface area contributed by atoms with Gasteiger partial charge < -0.3 is 19.3 Å². The highest BCUT2D eigenvalue weighted by Crippen LogP contribution is 2.32. The van der Waals surface area contributed by atoms with E-state index in [-0.39, 0.29) is 37.5 Å². The lowest BCUT2D eigenvalue weighted by molar-refractivity contribution is -0.138. The van der Waals surface area contributed by atoms with Crippen molar-refractivity contribution in [3.8, 4) is 11.5 Å². The summed E-state index contributed by atoms with van der Waals surface area (Å²) in [6, 6.07) is 10.0. The molecule has 3 rings (SSSR count). The monoisotopic (exact) mass is 450 g/mol. The second-order valence-electron chi connectivity index (χ2n) is 7.44. The Morgan fingerprint density at radius 1 is 0.906 bits per heavy atom. The normalized spacial score (nSPS) is 14.7. The highest BCUT2D eigenvalue weighted by Gasteiger charge is 2.36. The minimum Gasteiger partial charge on any atom is -0.493 e. The average molecular weight is 450 g/mol. The number of methoxy groups -OCH3 is 2. The summed E-state index contributed by atoms with van der Waals surface area (Å²) in [6.07, 6.45) is -3.98. The molecule has 172 valence electrons. The fourth-order valence-corrected chi connectivity index (χ4v) is 3.73. The molecule has 0 bridgehead atoms. The molecule has 0 aliphatic carbocycles. The Morgan fingerprint density at radius 3 is 2.25 bits per heavy atom. The summed E-state index contributed by atoms with van der Waals surface area (Å²) < 4.78 is 50.3. The lowest BCUT2D eigenvalue weighted by atomic mass is 10.1. The Morgan fingerprint density at radius 2 is 1.56 bits per heavy atom. The number of halogens is 3. The quantitative estimate of drug-likeness (QED) is 0.698. The number of benzene rings is 2. The molecule has 0 unspecified atom stereocenters. The Balaban J connectivity index is 1.67. The van der Waals surface area contributed by atoms with Crippen molar-refractivity contribution < 1.29 is 32.2 Å². The maximum Gasteiger partial charge on any atom is 0.417 e. The zero-order valence-electron chi connectivity index (χ0n) is 17.9. The number of amides is 2. The van der Waals surface area contributed by atoms with Crippen LogP contribution in [-0.2, 0) is 17.4 Å². The number of hydrogen-bond acceptors (Lipinski definition) is 4. The first-order valence-corrected chi connectivity index (χ1v) is 10.2. The van der Waals surface area contributed by atoms with Gasteiger partial charge in [-0.3, -0.25) is 9.59 Å². The van der Waals surface area contributed by atoms with Gasteiger partial charge in [-0.25, -0.2) is 0 Å². The molecule has 0 radical (unpaired) electrons. The molecule has 1 fully saturated rings. The first kappa shape index (κ1) is 23.4. The molecule has 1 aliphatic heterocycles. The zero-order valence-corrected chi connectivity index (χ0v) is 17.9. The van der Waals surface area contributed by atoms with Crippen LogP contribution in [0.2, 0.25) is 0 Å². The number of carbonyl (C=O) groups is 2. The van der Waals surface area contributed by atoms with Gasteiger partial charge in [0.2, 0.25) is 5.91 Å². The minimum atomic E-state index is -4.61. The van der Waals surface area contributed by atoms with E-state index in [2.05, 4.69) is 0 Å². The molecule has 9 heteroatoms. The van der Waals surface area contributed by atoms with Crippen LogP contribution in [0, 0.1) is 0 Å². The first-order valence-electron chi connectivity index (χ1n) is 10.2. The smallest absolute Gasteiger partial charge is 0.417 e. The molecule has 0 aromatic heterocycles. The van der Waals surface area contributed by atoms with Crippen LogP contribution in [-0.4, -0.2) is 62.0 Å². The van der Waals surface area contributed by atoms with Crippen molar-refractivity contribution in [2.45, 2.75) is 19.0 Å². The van der Waals surface area contributed by atoms with Crippen LogP contribution in [0.25, 0.3) is 0 Å². The maximum atomic E-state index is 13.3. The van der Waals surface area contributed by atoms with Crippen molar-refractivity contribution in [3.05, 3.63) is 59.2 Å². The van der Waals surface area contributed by atoms with Gasteiger partial charge in [-0.05, 0) is 36.2 Å². The summed E-state index contributed by atoms with van der Waals surface area (Å²) in [5.41, 5.74) is -0.565. The van der Waals surface area contributed by atoms with Crippen molar-refractivity contribution in [2.75, 3.05) is 40.4 Å². The van der Waals surface area contributed by atoms with Gasteiger partial charge in [0.1, 0.15) is 0 Å². The standard InChI is InChI=1S/C23H25F3N2O4/c1-31-19-9-8-16(14-20(19)32-2)15-21(29)27-10-5-11-28(13-12-27)22(30)17-6-3-4-7-18(17)23(24,25)26/h3-4,6-9,14H,5,10-13,15H2,1-2H3. The third-order valence-electron chi connectivity index (χ3n) is 5.40.